The average molecular weight is 482 g/mol. The van der Waals surface area contributed by atoms with E-state index in [4.69, 9.17) is 11.6 Å². The van der Waals surface area contributed by atoms with E-state index in [1.807, 2.05) is 12.1 Å². The van der Waals surface area contributed by atoms with Crippen LogP contribution in [0, 0.1) is 0 Å². The molecular weight excluding hydrogens is 458 g/mol. The lowest BCUT2D eigenvalue weighted by molar-refractivity contribution is -0.133. The normalized spacial score (nSPS) is 18.7. The van der Waals surface area contributed by atoms with Crippen LogP contribution in [0.4, 0.5) is 0 Å². The highest BCUT2D eigenvalue weighted by molar-refractivity contribution is 7.91. The molecule has 0 radical (unpaired) electrons. The summed E-state index contributed by atoms with van der Waals surface area (Å²) >= 11 is 6.93. The lowest BCUT2D eigenvalue weighted by atomic mass is 9.99. The standard InChI is InChI=1S/C21H24ClN3O4S2/c22-19-5-6-21(30-19)31(28,29)25-13-11-24(12-14-25)20(27)15-23-9-7-17(8-10-23)16-1-3-18(26)4-2-16/h1-7,26H,8-15H2. The molecule has 31 heavy (non-hydrogen) atoms. The van der Waals surface area contributed by atoms with Crippen LogP contribution in [-0.2, 0) is 14.8 Å². The fourth-order valence-electron chi connectivity index (χ4n) is 3.83. The van der Waals surface area contributed by atoms with E-state index in [2.05, 4.69) is 11.0 Å². The van der Waals surface area contributed by atoms with Gasteiger partial charge >= 0.3 is 0 Å². The maximum atomic E-state index is 12.7. The molecule has 0 bridgehead atoms. The third-order valence-corrected chi connectivity index (χ3v) is 9.22. The molecule has 1 N–H and O–H groups in total. The Morgan fingerprint density at radius 2 is 1.74 bits per heavy atom. The van der Waals surface area contributed by atoms with E-state index in [0.717, 1.165) is 29.9 Å². The number of thiophene rings is 1. The van der Waals surface area contributed by atoms with Crippen molar-refractivity contribution in [2.75, 3.05) is 45.8 Å². The summed E-state index contributed by atoms with van der Waals surface area (Å²) in [7, 11) is -3.56. The van der Waals surface area contributed by atoms with Crippen molar-refractivity contribution in [3.63, 3.8) is 0 Å². The molecule has 0 spiro atoms. The summed E-state index contributed by atoms with van der Waals surface area (Å²) in [6.45, 7) is 3.15. The summed E-state index contributed by atoms with van der Waals surface area (Å²) in [5, 5.41) is 9.43. The second kappa shape index (κ2) is 9.30. The lowest BCUT2D eigenvalue weighted by Crippen LogP contribution is -2.52. The van der Waals surface area contributed by atoms with Crippen LogP contribution >= 0.6 is 22.9 Å². The molecule has 2 aliphatic rings. The van der Waals surface area contributed by atoms with Gasteiger partial charge in [-0.2, -0.15) is 4.31 Å². The second-order valence-electron chi connectivity index (χ2n) is 7.60. The number of carbonyl (C=O) groups excluding carboxylic acids is 1. The number of benzene rings is 1. The molecule has 2 aliphatic heterocycles. The molecule has 0 aliphatic carbocycles. The van der Waals surface area contributed by atoms with E-state index < -0.39 is 10.0 Å². The maximum absolute atomic E-state index is 12.7. The number of phenols is 1. The third-order valence-electron chi connectivity index (χ3n) is 5.62. The number of amides is 1. The van der Waals surface area contributed by atoms with Crippen molar-refractivity contribution >= 4 is 44.4 Å². The van der Waals surface area contributed by atoms with Crippen molar-refractivity contribution < 1.29 is 18.3 Å². The van der Waals surface area contributed by atoms with Gasteiger partial charge in [-0.25, -0.2) is 8.42 Å². The number of halogens is 1. The first-order valence-electron chi connectivity index (χ1n) is 10.1. The number of sulfonamides is 1. The molecule has 0 unspecified atom stereocenters. The van der Waals surface area contributed by atoms with Crippen molar-refractivity contribution in [1.29, 1.82) is 0 Å². The van der Waals surface area contributed by atoms with Crippen molar-refractivity contribution in [3.05, 3.63) is 52.4 Å². The molecule has 0 saturated carbocycles. The highest BCUT2D eigenvalue weighted by Crippen LogP contribution is 2.29. The Morgan fingerprint density at radius 1 is 1.03 bits per heavy atom. The molecule has 0 atom stereocenters. The van der Waals surface area contributed by atoms with Gasteiger partial charge in [0.25, 0.3) is 10.0 Å². The molecule has 166 valence electrons. The van der Waals surface area contributed by atoms with E-state index >= 15 is 0 Å². The molecular formula is C21H24ClN3O4S2. The molecule has 7 nitrogen and oxygen atoms in total. The van der Waals surface area contributed by atoms with E-state index in [1.165, 1.54) is 15.9 Å². The first kappa shape index (κ1) is 22.3. The quantitative estimate of drug-likeness (QED) is 0.710. The Morgan fingerprint density at radius 3 is 2.32 bits per heavy atom. The Bertz CT molecular complexity index is 1070. The van der Waals surface area contributed by atoms with Gasteiger partial charge in [-0.1, -0.05) is 29.8 Å². The lowest BCUT2D eigenvalue weighted by Gasteiger charge is -2.35. The summed E-state index contributed by atoms with van der Waals surface area (Å²) in [6, 6.07) is 10.3. The van der Waals surface area contributed by atoms with Gasteiger partial charge in [0.05, 0.1) is 10.9 Å². The predicted octanol–water partition coefficient (Wildman–Crippen LogP) is 2.73. The van der Waals surface area contributed by atoms with Crippen LogP contribution in [0.2, 0.25) is 4.34 Å². The van der Waals surface area contributed by atoms with Crippen molar-refractivity contribution in [2.45, 2.75) is 10.6 Å². The van der Waals surface area contributed by atoms with E-state index in [-0.39, 0.29) is 29.0 Å². The van der Waals surface area contributed by atoms with Gasteiger partial charge in [0.1, 0.15) is 9.96 Å². The molecule has 1 saturated heterocycles. The zero-order valence-electron chi connectivity index (χ0n) is 16.9. The Labute approximate surface area is 191 Å². The maximum Gasteiger partial charge on any atom is 0.252 e. The minimum Gasteiger partial charge on any atom is -0.508 e. The molecule has 1 fully saturated rings. The molecule has 3 heterocycles. The van der Waals surface area contributed by atoms with Crippen molar-refractivity contribution in [1.82, 2.24) is 14.1 Å². The molecule has 1 amide bonds. The van der Waals surface area contributed by atoms with Crippen molar-refractivity contribution in [2.24, 2.45) is 0 Å². The van der Waals surface area contributed by atoms with Gasteiger partial charge in [-0.05, 0) is 41.8 Å². The number of rotatable bonds is 5. The highest BCUT2D eigenvalue weighted by Gasteiger charge is 2.31. The summed E-state index contributed by atoms with van der Waals surface area (Å²) in [4.78, 5) is 16.6. The summed E-state index contributed by atoms with van der Waals surface area (Å²) in [5.74, 6) is 0.275. The number of aromatic hydroxyl groups is 1. The number of hydrogen-bond donors (Lipinski definition) is 1. The summed E-state index contributed by atoms with van der Waals surface area (Å²) < 4.78 is 27.5. The monoisotopic (exact) mass is 481 g/mol. The topological polar surface area (TPSA) is 81.2 Å². The summed E-state index contributed by atoms with van der Waals surface area (Å²) in [6.07, 6.45) is 2.97. The SMILES string of the molecule is O=C(CN1CC=C(c2ccc(O)cc2)CC1)N1CCN(S(=O)(=O)c2ccc(Cl)s2)CC1. The van der Waals surface area contributed by atoms with E-state index in [1.54, 1.807) is 23.1 Å². The molecule has 2 aromatic rings. The van der Waals surface area contributed by atoms with Gasteiger partial charge in [-0.3, -0.25) is 9.69 Å². The average Bonchev–Trinajstić information content (AvgIpc) is 3.22. The highest BCUT2D eigenvalue weighted by atomic mass is 35.5. The van der Waals surface area contributed by atoms with E-state index in [0.29, 0.717) is 30.5 Å². The molecule has 10 heteroatoms. The van der Waals surface area contributed by atoms with Crippen LogP contribution in [0.15, 0.2) is 46.7 Å². The first-order chi connectivity index (χ1) is 14.8. The Hall–Kier alpha value is -1.91. The van der Waals surface area contributed by atoms with Crippen LogP contribution < -0.4 is 0 Å². The van der Waals surface area contributed by atoms with Gasteiger partial charge < -0.3 is 10.0 Å². The Balaban J connectivity index is 1.28. The van der Waals surface area contributed by atoms with Gasteiger partial charge in [-0.15, -0.1) is 11.3 Å². The number of nitrogens with zero attached hydrogens (tertiary/aromatic N) is 3. The van der Waals surface area contributed by atoms with Crippen LogP contribution in [0.3, 0.4) is 0 Å². The minimum atomic E-state index is -3.56. The Kier molecular flexibility index (Phi) is 6.68. The number of phenolic OH excluding ortho intramolecular Hbond substituents is 1. The smallest absolute Gasteiger partial charge is 0.252 e. The van der Waals surface area contributed by atoms with E-state index in [9.17, 15) is 18.3 Å². The van der Waals surface area contributed by atoms with Crippen molar-refractivity contribution in [3.8, 4) is 5.75 Å². The molecule has 4 rings (SSSR count). The predicted molar refractivity (Wildman–Crippen MR) is 122 cm³/mol. The van der Waals surface area contributed by atoms with Gasteiger partial charge in [0, 0.05) is 39.3 Å². The largest absolute Gasteiger partial charge is 0.508 e. The molecule has 1 aromatic carbocycles. The third kappa shape index (κ3) is 5.12. The zero-order chi connectivity index (χ0) is 22.0. The van der Waals surface area contributed by atoms with Crippen LogP contribution in [0.5, 0.6) is 5.75 Å². The van der Waals surface area contributed by atoms with Crippen LogP contribution in [-0.4, -0.2) is 79.3 Å². The van der Waals surface area contributed by atoms with Gasteiger partial charge in [0.15, 0.2) is 0 Å². The fraction of sp³-hybridized carbons (Fsp3) is 0.381. The zero-order valence-corrected chi connectivity index (χ0v) is 19.3. The summed E-state index contributed by atoms with van der Waals surface area (Å²) in [5.41, 5.74) is 2.31. The van der Waals surface area contributed by atoms with Crippen LogP contribution in [0.1, 0.15) is 12.0 Å². The fourth-order valence-corrected chi connectivity index (χ4v) is 6.88. The number of piperazine rings is 1. The molecule has 1 aromatic heterocycles. The minimum absolute atomic E-state index is 0.0256. The van der Waals surface area contributed by atoms with Gasteiger partial charge in [0.2, 0.25) is 5.91 Å². The first-order valence-corrected chi connectivity index (χ1v) is 12.7. The number of carbonyl (C=O) groups is 1. The van der Waals surface area contributed by atoms with Crippen LogP contribution in [0.25, 0.3) is 5.57 Å². The second-order valence-corrected chi connectivity index (χ2v) is 11.5. The number of hydrogen-bond acceptors (Lipinski definition) is 6.